The molecule has 1 saturated heterocycles. The van der Waals surface area contributed by atoms with Crippen LogP contribution in [0.4, 0.5) is 15.8 Å². The fourth-order valence-electron chi connectivity index (χ4n) is 3.72. The molecule has 178 valence electrons. The van der Waals surface area contributed by atoms with Gasteiger partial charge in [0.1, 0.15) is 11.9 Å². The van der Waals surface area contributed by atoms with Gasteiger partial charge in [0.25, 0.3) is 11.8 Å². The summed E-state index contributed by atoms with van der Waals surface area (Å²) in [6.45, 7) is 2.90. The van der Waals surface area contributed by atoms with Gasteiger partial charge in [0.15, 0.2) is 12.2 Å². The quantitative estimate of drug-likeness (QED) is 0.486. The molecule has 2 heterocycles. The van der Waals surface area contributed by atoms with E-state index in [-0.39, 0.29) is 40.7 Å². The Morgan fingerprint density at radius 2 is 1.71 bits per heavy atom. The third kappa shape index (κ3) is 4.46. The van der Waals surface area contributed by atoms with Crippen LogP contribution < -0.4 is 10.2 Å². The van der Waals surface area contributed by atoms with Gasteiger partial charge in [-0.25, -0.2) is 14.1 Å². The molecule has 1 N–H and O–H groups in total. The highest BCUT2D eigenvalue weighted by Crippen LogP contribution is 2.35. The standard InChI is InChI=1S/C23H20ClFN2O7/c1-11(23(31)34-20-10-32-9-19(20)33-12(2)28)26-17-8-18(16(25)7-15(17)24)27-21(29)13-5-3-4-6-14(13)22(27)30/h3-8,11,19-20,26H,9-10H2,1-2H3. The molecule has 3 atom stereocenters. The first kappa shape index (κ1) is 23.7. The van der Waals surface area contributed by atoms with Gasteiger partial charge in [-0.15, -0.1) is 0 Å². The molecule has 2 aromatic carbocycles. The number of ether oxygens (including phenoxy) is 3. The summed E-state index contributed by atoms with van der Waals surface area (Å²) < 4.78 is 30.4. The van der Waals surface area contributed by atoms with Crippen molar-refractivity contribution in [3.63, 3.8) is 0 Å². The van der Waals surface area contributed by atoms with Gasteiger partial charge in [-0.2, -0.15) is 0 Å². The second-order valence-electron chi connectivity index (χ2n) is 7.80. The summed E-state index contributed by atoms with van der Waals surface area (Å²) in [5, 5.41) is 2.74. The SMILES string of the molecule is CC(=O)OC1COCC1OC(=O)C(C)Nc1cc(N2C(=O)c3ccccc3C2=O)c(F)cc1Cl. The van der Waals surface area contributed by atoms with E-state index in [1.165, 1.54) is 32.0 Å². The van der Waals surface area contributed by atoms with Crippen molar-refractivity contribution in [1.82, 2.24) is 0 Å². The van der Waals surface area contributed by atoms with E-state index >= 15 is 0 Å². The topological polar surface area (TPSA) is 111 Å². The normalized spacial score (nSPS) is 20.2. The van der Waals surface area contributed by atoms with Crippen molar-refractivity contribution in [2.75, 3.05) is 23.4 Å². The molecule has 0 aromatic heterocycles. The molecular formula is C23H20ClFN2O7. The Morgan fingerprint density at radius 3 is 2.29 bits per heavy atom. The molecule has 4 rings (SSSR count). The highest BCUT2D eigenvalue weighted by atomic mass is 35.5. The summed E-state index contributed by atoms with van der Waals surface area (Å²) in [5.74, 6) is -3.44. The number of esters is 2. The number of rotatable bonds is 6. The van der Waals surface area contributed by atoms with Crippen molar-refractivity contribution in [1.29, 1.82) is 0 Å². The van der Waals surface area contributed by atoms with Gasteiger partial charge in [-0.05, 0) is 31.2 Å². The lowest BCUT2D eigenvalue weighted by atomic mass is 10.1. The van der Waals surface area contributed by atoms with Crippen molar-refractivity contribution < 1.29 is 37.8 Å². The van der Waals surface area contributed by atoms with Crippen molar-refractivity contribution in [3.8, 4) is 0 Å². The largest absolute Gasteiger partial charge is 0.456 e. The number of benzene rings is 2. The van der Waals surface area contributed by atoms with Crippen LogP contribution in [0.25, 0.3) is 0 Å². The Balaban J connectivity index is 1.52. The summed E-state index contributed by atoms with van der Waals surface area (Å²) in [5.41, 5.74) is 0.125. The Hall–Kier alpha value is -3.50. The van der Waals surface area contributed by atoms with Crippen LogP contribution in [0.2, 0.25) is 5.02 Å². The van der Waals surface area contributed by atoms with Crippen molar-refractivity contribution in [3.05, 3.63) is 58.4 Å². The smallest absolute Gasteiger partial charge is 0.328 e. The fraction of sp³-hybridized carbons (Fsp3) is 0.304. The number of anilines is 2. The van der Waals surface area contributed by atoms with E-state index in [4.69, 9.17) is 25.8 Å². The fourth-order valence-corrected chi connectivity index (χ4v) is 3.92. The van der Waals surface area contributed by atoms with Crippen LogP contribution in [0.1, 0.15) is 34.6 Å². The summed E-state index contributed by atoms with van der Waals surface area (Å²) >= 11 is 6.15. The summed E-state index contributed by atoms with van der Waals surface area (Å²) in [4.78, 5) is 50.0. The zero-order chi connectivity index (χ0) is 24.6. The zero-order valence-corrected chi connectivity index (χ0v) is 18.9. The summed E-state index contributed by atoms with van der Waals surface area (Å²) in [6.07, 6.45) is -1.50. The van der Waals surface area contributed by atoms with Crippen molar-refractivity contribution >= 4 is 46.7 Å². The number of hydrogen-bond acceptors (Lipinski definition) is 8. The molecule has 2 aromatic rings. The molecule has 0 bridgehead atoms. The minimum absolute atomic E-state index is 0.0671. The van der Waals surface area contributed by atoms with Crippen LogP contribution in [0, 0.1) is 5.82 Å². The number of fused-ring (bicyclic) bond motifs is 1. The molecule has 2 aliphatic heterocycles. The van der Waals surface area contributed by atoms with Gasteiger partial charge >= 0.3 is 11.9 Å². The van der Waals surface area contributed by atoms with E-state index in [1.807, 2.05) is 0 Å². The van der Waals surface area contributed by atoms with E-state index in [9.17, 15) is 23.6 Å². The third-order valence-corrected chi connectivity index (χ3v) is 5.67. The number of hydrogen-bond donors (Lipinski definition) is 1. The third-order valence-electron chi connectivity index (χ3n) is 5.36. The first-order valence-corrected chi connectivity index (χ1v) is 10.7. The molecule has 1 fully saturated rings. The molecule has 0 saturated carbocycles. The number of imide groups is 1. The lowest BCUT2D eigenvalue weighted by molar-refractivity contribution is -0.162. The first-order chi connectivity index (χ1) is 16.2. The van der Waals surface area contributed by atoms with Gasteiger partial charge in [0.2, 0.25) is 0 Å². The minimum Gasteiger partial charge on any atom is -0.456 e. The Morgan fingerprint density at radius 1 is 1.12 bits per heavy atom. The highest BCUT2D eigenvalue weighted by molar-refractivity contribution is 6.36. The zero-order valence-electron chi connectivity index (χ0n) is 18.2. The average Bonchev–Trinajstić information content (AvgIpc) is 3.31. The number of carbonyl (C=O) groups excluding carboxylic acids is 4. The van der Waals surface area contributed by atoms with Gasteiger partial charge in [0.05, 0.1) is 40.7 Å². The van der Waals surface area contributed by atoms with Gasteiger partial charge in [-0.1, -0.05) is 23.7 Å². The van der Waals surface area contributed by atoms with Crippen LogP contribution in [0.5, 0.6) is 0 Å². The van der Waals surface area contributed by atoms with E-state index in [0.717, 1.165) is 11.0 Å². The molecule has 34 heavy (non-hydrogen) atoms. The van der Waals surface area contributed by atoms with Gasteiger partial charge in [-0.3, -0.25) is 14.4 Å². The van der Waals surface area contributed by atoms with Crippen LogP contribution in [-0.4, -0.2) is 55.2 Å². The van der Waals surface area contributed by atoms with E-state index in [2.05, 4.69) is 5.32 Å². The van der Waals surface area contributed by atoms with E-state index in [1.54, 1.807) is 12.1 Å². The number of nitrogens with one attached hydrogen (secondary N) is 1. The minimum atomic E-state index is -0.962. The van der Waals surface area contributed by atoms with Crippen molar-refractivity contribution in [2.45, 2.75) is 32.1 Å². The van der Waals surface area contributed by atoms with Crippen molar-refractivity contribution in [2.24, 2.45) is 0 Å². The first-order valence-electron chi connectivity index (χ1n) is 10.4. The number of amides is 2. The maximum atomic E-state index is 14.8. The number of nitrogens with zero attached hydrogens (tertiary/aromatic N) is 1. The Kier molecular flexibility index (Phi) is 6.54. The summed E-state index contributed by atoms with van der Waals surface area (Å²) in [7, 11) is 0. The molecule has 9 nitrogen and oxygen atoms in total. The molecule has 3 unspecified atom stereocenters. The molecule has 11 heteroatoms. The predicted molar refractivity (Wildman–Crippen MR) is 118 cm³/mol. The molecule has 0 aliphatic carbocycles. The molecule has 2 aliphatic rings. The van der Waals surface area contributed by atoms with E-state index in [0.29, 0.717) is 0 Å². The van der Waals surface area contributed by atoms with E-state index < -0.39 is 47.8 Å². The second kappa shape index (κ2) is 9.40. The molecular weight excluding hydrogens is 471 g/mol. The summed E-state index contributed by atoms with van der Waals surface area (Å²) in [6, 6.07) is 7.34. The molecule has 0 spiro atoms. The highest BCUT2D eigenvalue weighted by Gasteiger charge is 2.38. The number of carbonyl (C=O) groups is 4. The predicted octanol–water partition coefficient (Wildman–Crippen LogP) is 2.95. The average molecular weight is 491 g/mol. The molecule has 2 amide bonds. The Labute approximate surface area is 198 Å². The lowest BCUT2D eigenvalue weighted by Gasteiger charge is -2.22. The maximum absolute atomic E-state index is 14.8. The Bertz CT molecular complexity index is 1150. The van der Waals surface area contributed by atoms with Crippen LogP contribution >= 0.6 is 11.6 Å². The van der Waals surface area contributed by atoms with Gasteiger partial charge in [0, 0.05) is 6.92 Å². The monoisotopic (exact) mass is 490 g/mol. The van der Waals surface area contributed by atoms with Crippen LogP contribution in [0.3, 0.4) is 0 Å². The molecule has 0 radical (unpaired) electrons. The van der Waals surface area contributed by atoms with Crippen LogP contribution in [-0.2, 0) is 23.8 Å². The van der Waals surface area contributed by atoms with Crippen LogP contribution in [0.15, 0.2) is 36.4 Å². The van der Waals surface area contributed by atoms with Gasteiger partial charge < -0.3 is 19.5 Å². The lowest BCUT2D eigenvalue weighted by Crippen LogP contribution is -2.38. The number of halogens is 2. The second-order valence-corrected chi connectivity index (χ2v) is 8.21. The maximum Gasteiger partial charge on any atom is 0.328 e.